The number of hydrogen-bond acceptors (Lipinski definition) is 3. The van der Waals surface area contributed by atoms with E-state index in [1.54, 1.807) is 12.3 Å². The number of nitrogen functional groups attached to an aromatic ring is 1. The maximum absolute atomic E-state index is 5.54. The third-order valence-corrected chi connectivity index (χ3v) is 2.54. The molecular weight excluding hydrogens is 198 g/mol. The Kier molecular flexibility index (Phi) is 2.77. The quantitative estimate of drug-likeness (QED) is 0.806. The molecule has 82 valence electrons. The smallest absolute Gasteiger partial charge is 0.123 e. The summed E-state index contributed by atoms with van der Waals surface area (Å²) in [4.78, 5) is 4.05. The van der Waals surface area contributed by atoms with E-state index in [2.05, 4.69) is 42.3 Å². The average molecular weight is 213 g/mol. The number of para-hydroxylation sites is 1. The van der Waals surface area contributed by atoms with Crippen LogP contribution in [-0.2, 0) is 0 Å². The molecule has 0 amide bonds. The number of nitrogens with one attached hydrogen (secondary N) is 1. The predicted octanol–water partition coefficient (Wildman–Crippen LogP) is 3.02. The summed E-state index contributed by atoms with van der Waals surface area (Å²) in [6, 6.07) is 9.93. The largest absolute Gasteiger partial charge is 0.384 e. The van der Waals surface area contributed by atoms with Gasteiger partial charge in [0.05, 0.1) is 11.9 Å². The van der Waals surface area contributed by atoms with Crippen LogP contribution in [0, 0.1) is 13.8 Å². The molecular formula is C13H15N3. The number of rotatable bonds is 2. The van der Waals surface area contributed by atoms with E-state index in [4.69, 9.17) is 5.73 Å². The van der Waals surface area contributed by atoms with Gasteiger partial charge in [0.1, 0.15) is 5.82 Å². The number of pyridine rings is 1. The molecule has 0 bridgehead atoms. The van der Waals surface area contributed by atoms with E-state index >= 15 is 0 Å². The predicted molar refractivity (Wildman–Crippen MR) is 67.8 cm³/mol. The number of hydrogen-bond donors (Lipinski definition) is 2. The molecule has 3 heteroatoms. The third kappa shape index (κ3) is 2.14. The van der Waals surface area contributed by atoms with Crippen LogP contribution >= 0.6 is 0 Å². The zero-order valence-electron chi connectivity index (χ0n) is 9.49. The summed E-state index contributed by atoms with van der Waals surface area (Å²) < 4.78 is 0. The van der Waals surface area contributed by atoms with Gasteiger partial charge in [0, 0.05) is 5.69 Å². The van der Waals surface area contributed by atoms with Gasteiger partial charge in [-0.25, -0.2) is 4.98 Å². The summed E-state index contributed by atoms with van der Waals surface area (Å²) in [5, 5.41) is 3.35. The molecule has 3 N–H and O–H groups in total. The lowest BCUT2D eigenvalue weighted by Crippen LogP contribution is -1.97. The topological polar surface area (TPSA) is 50.9 Å². The molecule has 1 aromatic carbocycles. The lowest BCUT2D eigenvalue weighted by Gasteiger charge is -2.12. The molecule has 0 aliphatic heterocycles. The molecule has 0 saturated carbocycles. The van der Waals surface area contributed by atoms with Gasteiger partial charge >= 0.3 is 0 Å². The molecule has 0 spiro atoms. The fourth-order valence-electron chi connectivity index (χ4n) is 1.64. The normalized spacial score (nSPS) is 10.1. The minimum atomic E-state index is 0.534. The molecule has 0 fully saturated rings. The third-order valence-electron chi connectivity index (χ3n) is 2.54. The molecule has 0 saturated heterocycles. The van der Waals surface area contributed by atoms with Crippen molar-refractivity contribution in [3.63, 3.8) is 0 Å². The molecule has 1 heterocycles. The number of aromatic nitrogens is 1. The van der Waals surface area contributed by atoms with Gasteiger partial charge in [-0.2, -0.15) is 0 Å². The van der Waals surface area contributed by atoms with Crippen molar-refractivity contribution in [2.24, 2.45) is 0 Å². The van der Waals surface area contributed by atoms with Crippen LogP contribution in [0.2, 0.25) is 0 Å². The molecule has 16 heavy (non-hydrogen) atoms. The highest BCUT2D eigenvalue weighted by atomic mass is 14.9. The van der Waals surface area contributed by atoms with Crippen LogP contribution in [0.15, 0.2) is 36.5 Å². The first-order chi connectivity index (χ1) is 7.66. The SMILES string of the molecule is Cc1cccc(C)c1Nc1ccc(N)nc1. The lowest BCUT2D eigenvalue weighted by atomic mass is 10.1. The second-order valence-electron chi connectivity index (χ2n) is 3.86. The Hall–Kier alpha value is -2.03. The van der Waals surface area contributed by atoms with E-state index in [0.29, 0.717) is 5.82 Å². The van der Waals surface area contributed by atoms with Crippen LogP contribution in [-0.4, -0.2) is 4.98 Å². The van der Waals surface area contributed by atoms with Crippen LogP contribution in [0.4, 0.5) is 17.2 Å². The Morgan fingerprint density at radius 1 is 1.06 bits per heavy atom. The monoisotopic (exact) mass is 213 g/mol. The van der Waals surface area contributed by atoms with E-state index < -0.39 is 0 Å². The van der Waals surface area contributed by atoms with Crippen molar-refractivity contribution in [1.82, 2.24) is 4.98 Å². The number of benzene rings is 1. The first-order valence-electron chi connectivity index (χ1n) is 5.21. The zero-order valence-corrected chi connectivity index (χ0v) is 9.49. The minimum absolute atomic E-state index is 0.534. The van der Waals surface area contributed by atoms with Gasteiger partial charge in [-0.1, -0.05) is 18.2 Å². The standard InChI is InChI=1S/C13H15N3/c1-9-4-3-5-10(2)13(9)16-11-6-7-12(14)15-8-11/h3-8,16H,1-2H3,(H2,14,15). The van der Waals surface area contributed by atoms with Gasteiger partial charge in [0.2, 0.25) is 0 Å². The van der Waals surface area contributed by atoms with Crippen LogP contribution in [0.3, 0.4) is 0 Å². The zero-order chi connectivity index (χ0) is 11.5. The Morgan fingerprint density at radius 3 is 2.31 bits per heavy atom. The summed E-state index contributed by atoms with van der Waals surface area (Å²) in [6.07, 6.45) is 1.74. The maximum Gasteiger partial charge on any atom is 0.123 e. The molecule has 0 aliphatic carbocycles. The van der Waals surface area contributed by atoms with Crippen LogP contribution in [0.1, 0.15) is 11.1 Å². The second-order valence-corrected chi connectivity index (χ2v) is 3.86. The summed E-state index contributed by atoms with van der Waals surface area (Å²) in [5.74, 6) is 0.534. The van der Waals surface area contributed by atoms with Gasteiger partial charge in [-0.05, 0) is 37.1 Å². The highest BCUT2D eigenvalue weighted by molar-refractivity contribution is 5.66. The van der Waals surface area contributed by atoms with Gasteiger partial charge in [-0.3, -0.25) is 0 Å². The Bertz CT molecular complexity index is 469. The van der Waals surface area contributed by atoms with E-state index in [9.17, 15) is 0 Å². The first-order valence-corrected chi connectivity index (χ1v) is 5.21. The van der Waals surface area contributed by atoms with Crippen molar-refractivity contribution >= 4 is 17.2 Å². The molecule has 0 unspecified atom stereocenters. The second kappa shape index (κ2) is 4.23. The number of nitrogens with zero attached hydrogens (tertiary/aromatic N) is 1. The van der Waals surface area contributed by atoms with Crippen LogP contribution < -0.4 is 11.1 Å². The molecule has 0 aliphatic rings. The summed E-state index contributed by atoms with van der Waals surface area (Å²) in [5.41, 5.74) is 10.1. The van der Waals surface area contributed by atoms with Crippen molar-refractivity contribution in [1.29, 1.82) is 0 Å². The maximum atomic E-state index is 5.54. The fourth-order valence-corrected chi connectivity index (χ4v) is 1.64. The van der Waals surface area contributed by atoms with Gasteiger partial charge < -0.3 is 11.1 Å². The van der Waals surface area contributed by atoms with Gasteiger partial charge in [0.25, 0.3) is 0 Å². The van der Waals surface area contributed by atoms with E-state index in [1.807, 2.05) is 6.07 Å². The minimum Gasteiger partial charge on any atom is -0.384 e. The molecule has 0 radical (unpaired) electrons. The summed E-state index contributed by atoms with van der Waals surface area (Å²) in [7, 11) is 0. The van der Waals surface area contributed by atoms with Crippen molar-refractivity contribution in [3.05, 3.63) is 47.7 Å². The molecule has 3 nitrogen and oxygen atoms in total. The van der Waals surface area contributed by atoms with Crippen molar-refractivity contribution in [2.75, 3.05) is 11.1 Å². The average Bonchev–Trinajstić information content (AvgIpc) is 2.26. The summed E-state index contributed by atoms with van der Waals surface area (Å²) in [6.45, 7) is 4.17. The Morgan fingerprint density at radius 2 is 1.75 bits per heavy atom. The van der Waals surface area contributed by atoms with Crippen molar-refractivity contribution < 1.29 is 0 Å². The van der Waals surface area contributed by atoms with Crippen LogP contribution in [0.25, 0.3) is 0 Å². The van der Waals surface area contributed by atoms with Gasteiger partial charge in [-0.15, -0.1) is 0 Å². The van der Waals surface area contributed by atoms with Crippen molar-refractivity contribution in [3.8, 4) is 0 Å². The van der Waals surface area contributed by atoms with E-state index in [-0.39, 0.29) is 0 Å². The van der Waals surface area contributed by atoms with E-state index in [1.165, 1.54) is 11.1 Å². The lowest BCUT2D eigenvalue weighted by molar-refractivity contribution is 1.31. The highest BCUT2D eigenvalue weighted by Gasteiger charge is 2.02. The summed E-state index contributed by atoms with van der Waals surface area (Å²) >= 11 is 0. The first kappa shape index (κ1) is 10.5. The molecule has 1 aromatic heterocycles. The molecule has 2 rings (SSSR count). The van der Waals surface area contributed by atoms with Crippen molar-refractivity contribution in [2.45, 2.75) is 13.8 Å². The number of aryl methyl sites for hydroxylation is 2. The molecule has 2 aromatic rings. The fraction of sp³-hybridized carbons (Fsp3) is 0.154. The highest BCUT2D eigenvalue weighted by Crippen LogP contribution is 2.23. The van der Waals surface area contributed by atoms with Gasteiger partial charge in [0.15, 0.2) is 0 Å². The van der Waals surface area contributed by atoms with Crippen LogP contribution in [0.5, 0.6) is 0 Å². The van der Waals surface area contributed by atoms with E-state index in [0.717, 1.165) is 11.4 Å². The number of anilines is 3. The number of nitrogens with two attached hydrogens (primary N) is 1. The Balaban J connectivity index is 2.30. The Labute approximate surface area is 95.3 Å². The molecule has 0 atom stereocenters.